The Morgan fingerprint density at radius 2 is 2.11 bits per heavy atom. The average Bonchev–Trinajstić information content (AvgIpc) is 2.38. The number of nitrogens with zero attached hydrogens (tertiary/aromatic N) is 1. The van der Waals surface area contributed by atoms with Crippen molar-refractivity contribution in [2.24, 2.45) is 4.99 Å². The van der Waals surface area contributed by atoms with Gasteiger partial charge < -0.3 is 10.1 Å². The highest BCUT2D eigenvalue weighted by molar-refractivity contribution is 6.36. The molecule has 1 atom stereocenters. The molecule has 1 aliphatic rings. The van der Waals surface area contributed by atoms with Gasteiger partial charge in [-0.25, -0.2) is 0 Å². The fraction of sp³-hybridized carbons (Fsp3) is 0.462. The predicted molar refractivity (Wildman–Crippen MR) is 75.8 cm³/mol. The maximum Gasteiger partial charge on any atom is 0.142 e. The topological polar surface area (TPSA) is 33.6 Å². The van der Waals surface area contributed by atoms with Crippen LogP contribution in [0, 0.1) is 0 Å². The van der Waals surface area contributed by atoms with Crippen LogP contribution in [-0.4, -0.2) is 25.5 Å². The molecule has 18 heavy (non-hydrogen) atoms. The zero-order valence-corrected chi connectivity index (χ0v) is 11.8. The quantitative estimate of drug-likeness (QED) is 0.920. The molecule has 0 aromatic heterocycles. The minimum absolute atomic E-state index is 0.309. The second-order valence-corrected chi connectivity index (χ2v) is 4.83. The van der Waals surface area contributed by atoms with Crippen molar-refractivity contribution in [1.82, 2.24) is 5.32 Å². The first-order valence-electron chi connectivity index (χ1n) is 6.07. The minimum Gasteiger partial charge on any atom is -0.371 e. The highest BCUT2D eigenvalue weighted by Crippen LogP contribution is 2.33. The van der Waals surface area contributed by atoms with Crippen molar-refractivity contribution in [2.45, 2.75) is 19.4 Å². The van der Waals surface area contributed by atoms with Gasteiger partial charge in [-0.2, -0.15) is 0 Å². The van der Waals surface area contributed by atoms with Gasteiger partial charge >= 0.3 is 0 Å². The molecule has 2 rings (SSSR count). The van der Waals surface area contributed by atoms with E-state index < -0.39 is 0 Å². The van der Waals surface area contributed by atoms with Crippen molar-refractivity contribution in [3.05, 3.63) is 33.8 Å². The molecule has 0 fully saturated rings. The molecule has 5 heteroatoms. The maximum atomic E-state index is 6.23. The Kier molecular flexibility index (Phi) is 4.87. The second kappa shape index (κ2) is 6.41. The number of hydrogen-bond acceptors (Lipinski definition) is 3. The van der Waals surface area contributed by atoms with Crippen molar-refractivity contribution in [3.63, 3.8) is 0 Å². The third-order valence-electron chi connectivity index (χ3n) is 2.77. The Labute approximate surface area is 117 Å². The largest absolute Gasteiger partial charge is 0.371 e. The molecule has 0 bridgehead atoms. The van der Waals surface area contributed by atoms with E-state index in [9.17, 15) is 0 Å². The summed E-state index contributed by atoms with van der Waals surface area (Å²) in [5, 5.41) is 4.48. The zero-order chi connectivity index (χ0) is 13.0. The lowest BCUT2D eigenvalue weighted by atomic mass is 10.1. The first kappa shape index (κ1) is 13.7. The summed E-state index contributed by atoms with van der Waals surface area (Å²) < 4.78 is 5.77. The van der Waals surface area contributed by atoms with Crippen molar-refractivity contribution < 1.29 is 4.74 Å². The molecule has 3 nitrogen and oxygen atoms in total. The monoisotopic (exact) mass is 286 g/mol. The van der Waals surface area contributed by atoms with Crippen molar-refractivity contribution in [1.29, 1.82) is 0 Å². The Bertz CT molecular complexity index is 428. The van der Waals surface area contributed by atoms with Gasteiger partial charge in [0.25, 0.3) is 0 Å². The van der Waals surface area contributed by atoms with E-state index in [1.807, 2.05) is 25.1 Å². The van der Waals surface area contributed by atoms with E-state index in [-0.39, 0.29) is 6.10 Å². The van der Waals surface area contributed by atoms with Gasteiger partial charge in [0.2, 0.25) is 0 Å². The Hall–Kier alpha value is -0.770. The summed E-state index contributed by atoms with van der Waals surface area (Å²) in [4.78, 5) is 4.47. The van der Waals surface area contributed by atoms with E-state index in [1.54, 1.807) is 0 Å². The normalized spacial score (nSPS) is 16.9. The average molecular weight is 287 g/mol. The fourth-order valence-electron chi connectivity index (χ4n) is 1.95. The van der Waals surface area contributed by atoms with Crippen LogP contribution < -0.4 is 5.32 Å². The summed E-state index contributed by atoms with van der Waals surface area (Å²) in [6.45, 7) is 4.24. The van der Waals surface area contributed by atoms with Gasteiger partial charge in [-0.15, -0.1) is 0 Å². The molecule has 0 saturated heterocycles. The molecule has 0 aliphatic carbocycles. The summed E-state index contributed by atoms with van der Waals surface area (Å²) in [5.41, 5.74) is 0.788. The molecule has 1 aliphatic heterocycles. The first-order valence-corrected chi connectivity index (χ1v) is 6.83. The van der Waals surface area contributed by atoms with Crippen LogP contribution in [0.1, 0.15) is 25.0 Å². The molecule has 1 aromatic carbocycles. The number of hydrogen-bond donors (Lipinski definition) is 1. The van der Waals surface area contributed by atoms with Crippen LogP contribution in [0.2, 0.25) is 10.0 Å². The number of ether oxygens (including phenoxy) is 1. The molecule has 1 heterocycles. The third-order valence-corrected chi connectivity index (χ3v) is 3.43. The highest BCUT2D eigenvalue weighted by Gasteiger charge is 2.24. The molecular weight excluding hydrogens is 271 g/mol. The van der Waals surface area contributed by atoms with Crippen molar-refractivity contribution in [3.8, 4) is 0 Å². The number of amidine groups is 1. The van der Waals surface area contributed by atoms with Gasteiger partial charge in [0, 0.05) is 35.3 Å². The molecule has 0 spiro atoms. The molecule has 0 radical (unpaired) electrons. The summed E-state index contributed by atoms with van der Waals surface area (Å²) in [7, 11) is 0. The molecule has 98 valence electrons. The molecule has 0 unspecified atom stereocenters. The first-order chi connectivity index (χ1) is 8.74. The number of rotatable bonds is 4. The van der Waals surface area contributed by atoms with E-state index >= 15 is 0 Å². The molecule has 0 saturated carbocycles. The van der Waals surface area contributed by atoms with Crippen LogP contribution in [0.25, 0.3) is 0 Å². The second-order valence-electron chi connectivity index (χ2n) is 4.02. The number of halogens is 2. The van der Waals surface area contributed by atoms with Gasteiger partial charge in [0.1, 0.15) is 11.9 Å². The number of nitrogens with one attached hydrogen (secondary N) is 1. The van der Waals surface area contributed by atoms with Crippen LogP contribution in [0.3, 0.4) is 0 Å². The van der Waals surface area contributed by atoms with E-state index in [0.29, 0.717) is 16.7 Å². The smallest absolute Gasteiger partial charge is 0.142 e. The van der Waals surface area contributed by atoms with Gasteiger partial charge in [-0.3, -0.25) is 4.99 Å². The van der Waals surface area contributed by atoms with E-state index in [2.05, 4.69) is 10.3 Å². The van der Waals surface area contributed by atoms with Crippen LogP contribution >= 0.6 is 23.2 Å². The molecule has 1 aromatic rings. The summed E-state index contributed by atoms with van der Waals surface area (Å²) in [6.07, 6.45) is 0.731. The standard InChI is InChI=1S/C13H16Cl2N2O/c1-2-18-12(13-16-7-4-8-17-13)11-9(14)5-3-6-10(11)15/h3,5-6,12H,2,4,7-8H2,1H3,(H,16,17)/t12-/m0/s1. The van der Waals surface area contributed by atoms with E-state index in [1.165, 1.54) is 0 Å². The minimum atomic E-state index is -0.309. The number of aliphatic imine (C=N–C) groups is 1. The molecule has 1 N–H and O–H groups in total. The lowest BCUT2D eigenvalue weighted by Gasteiger charge is -2.25. The maximum absolute atomic E-state index is 6.23. The lowest BCUT2D eigenvalue weighted by Crippen LogP contribution is -2.35. The highest BCUT2D eigenvalue weighted by atomic mass is 35.5. The lowest BCUT2D eigenvalue weighted by molar-refractivity contribution is 0.107. The third kappa shape index (κ3) is 2.97. The van der Waals surface area contributed by atoms with Crippen LogP contribution in [-0.2, 0) is 4.74 Å². The van der Waals surface area contributed by atoms with E-state index in [0.717, 1.165) is 30.9 Å². The molecular formula is C13H16Cl2N2O. The Morgan fingerprint density at radius 1 is 1.39 bits per heavy atom. The van der Waals surface area contributed by atoms with E-state index in [4.69, 9.17) is 27.9 Å². The van der Waals surface area contributed by atoms with Gasteiger partial charge in [-0.1, -0.05) is 29.3 Å². The van der Waals surface area contributed by atoms with Gasteiger partial charge in [0.15, 0.2) is 0 Å². The fourth-order valence-corrected chi connectivity index (χ4v) is 2.55. The zero-order valence-electron chi connectivity index (χ0n) is 10.2. The van der Waals surface area contributed by atoms with Crippen LogP contribution in [0.15, 0.2) is 23.2 Å². The summed E-state index contributed by atoms with van der Waals surface area (Å²) >= 11 is 12.5. The Morgan fingerprint density at radius 3 is 2.67 bits per heavy atom. The van der Waals surface area contributed by atoms with Crippen LogP contribution in [0.4, 0.5) is 0 Å². The van der Waals surface area contributed by atoms with Crippen molar-refractivity contribution >= 4 is 29.0 Å². The number of benzene rings is 1. The SMILES string of the molecule is CCO[C@H](C1=NCCCN1)c1c(Cl)cccc1Cl. The van der Waals surface area contributed by atoms with Gasteiger partial charge in [0.05, 0.1) is 0 Å². The Balaban J connectivity index is 2.37. The van der Waals surface area contributed by atoms with Crippen LogP contribution in [0.5, 0.6) is 0 Å². The molecule has 0 amide bonds. The summed E-state index contributed by atoms with van der Waals surface area (Å²) in [5.74, 6) is 0.818. The van der Waals surface area contributed by atoms with Crippen molar-refractivity contribution in [2.75, 3.05) is 19.7 Å². The summed E-state index contributed by atoms with van der Waals surface area (Å²) in [6, 6.07) is 5.46. The van der Waals surface area contributed by atoms with Gasteiger partial charge in [-0.05, 0) is 25.5 Å². The predicted octanol–water partition coefficient (Wildman–Crippen LogP) is 3.46.